The molecule has 0 N–H and O–H groups in total. The molecule has 0 aliphatic carbocycles. The number of hydrogen-bond acceptors (Lipinski definition) is 8. The molecule has 8 nitrogen and oxygen atoms in total. The van der Waals surface area contributed by atoms with E-state index in [4.69, 9.17) is 12.3 Å². The van der Waals surface area contributed by atoms with E-state index in [9.17, 15) is 19.2 Å². The van der Waals surface area contributed by atoms with Gasteiger partial charge in [0.25, 0.3) is 0 Å². The fourth-order valence-corrected chi connectivity index (χ4v) is 8.06. The van der Waals surface area contributed by atoms with Gasteiger partial charge < -0.3 is 0 Å². The van der Waals surface area contributed by atoms with Crippen LogP contribution in [0, 0.1) is 0 Å². The summed E-state index contributed by atoms with van der Waals surface area (Å²) in [4.78, 5) is 45.7. The van der Waals surface area contributed by atoms with Crippen LogP contribution in [0.5, 0.6) is 0 Å². The fourth-order valence-electron chi connectivity index (χ4n) is 2.18. The minimum atomic E-state index is -5.14. The van der Waals surface area contributed by atoms with Crippen LogP contribution in [0.25, 0.3) is 0 Å². The van der Waals surface area contributed by atoms with Gasteiger partial charge in [-0.05, 0) is 0 Å². The topological polar surface area (TPSA) is 105 Å². The minimum absolute atomic E-state index is 0.162. The van der Waals surface area contributed by atoms with Gasteiger partial charge in [-0.25, -0.2) is 0 Å². The first-order valence-electron chi connectivity index (χ1n) is 8.76. The third-order valence-corrected chi connectivity index (χ3v) is 9.30. The van der Waals surface area contributed by atoms with Gasteiger partial charge in [0.15, 0.2) is 0 Å². The molecule has 0 aromatic rings. The van der Waals surface area contributed by atoms with E-state index in [0.29, 0.717) is 0 Å². The van der Waals surface area contributed by atoms with Crippen LogP contribution >= 0.6 is 0 Å². The van der Waals surface area contributed by atoms with Gasteiger partial charge in [0, 0.05) is 0 Å². The molecule has 0 unspecified atom stereocenters. The van der Waals surface area contributed by atoms with Crippen molar-refractivity contribution < 1.29 is 31.5 Å². The van der Waals surface area contributed by atoms with E-state index in [1.54, 1.807) is 0 Å². The predicted octanol–water partition coefficient (Wildman–Crippen LogP) is 3.46. The zero-order valence-electron chi connectivity index (χ0n) is 18.1. The summed E-state index contributed by atoms with van der Waals surface area (Å²) in [6, 6.07) is 0. The van der Waals surface area contributed by atoms with Crippen molar-refractivity contribution in [3.63, 3.8) is 0 Å². The molecule has 0 saturated carbocycles. The maximum absolute atomic E-state index is 11.4. The van der Waals surface area contributed by atoms with Crippen molar-refractivity contribution >= 4 is 43.2 Å². The summed E-state index contributed by atoms with van der Waals surface area (Å²) in [5, 5.41) is 0. The molecule has 9 heteroatoms. The second-order valence-corrected chi connectivity index (χ2v) is 11.6. The monoisotopic (exact) mass is 516 g/mol. The summed E-state index contributed by atoms with van der Waals surface area (Å²) in [5.74, 6) is -0.441. The second-order valence-electron chi connectivity index (χ2n) is 6.37. The van der Waals surface area contributed by atoms with Crippen LogP contribution in [0.2, 0.25) is 0 Å². The Bertz CT molecular complexity index is 653. The third kappa shape index (κ3) is 12.7. The van der Waals surface area contributed by atoms with E-state index in [1.165, 1.54) is 79.7 Å². The summed E-state index contributed by atoms with van der Waals surface area (Å²) < 4.78 is 23.3. The Kier molecular flexibility index (Phi) is 11.3. The molecule has 0 radical (unpaired) electrons. The van der Waals surface area contributed by atoms with E-state index in [-0.39, 0.29) is 46.2 Å². The van der Waals surface area contributed by atoms with Crippen molar-refractivity contribution in [1.82, 2.24) is 0 Å². The molecule has 160 valence electrons. The van der Waals surface area contributed by atoms with Crippen molar-refractivity contribution in [1.29, 1.82) is 0 Å². The molecular weight excluding hydrogens is 487 g/mol. The van der Waals surface area contributed by atoms with Crippen LogP contribution in [0.1, 0.15) is 55.4 Å². The van der Waals surface area contributed by atoms with Crippen LogP contribution in [0.3, 0.4) is 0 Å². The van der Waals surface area contributed by atoms with Crippen molar-refractivity contribution in [3.05, 3.63) is 47.3 Å². The van der Waals surface area contributed by atoms with Crippen molar-refractivity contribution in [3.8, 4) is 0 Å². The number of hydrogen-bond donors (Lipinski definition) is 0. The average Bonchev–Trinajstić information content (AvgIpc) is 2.41. The van der Waals surface area contributed by atoms with Gasteiger partial charge in [0.05, 0.1) is 0 Å². The molecule has 0 aromatic carbocycles. The molecule has 0 rings (SSSR count). The Morgan fingerprint density at radius 3 is 0.759 bits per heavy atom. The first-order valence-corrected chi connectivity index (χ1v) is 13.4. The predicted molar refractivity (Wildman–Crippen MR) is 108 cm³/mol. The summed E-state index contributed by atoms with van der Waals surface area (Å²) in [5.41, 5.74) is 0. The Labute approximate surface area is 177 Å². The van der Waals surface area contributed by atoms with Crippen LogP contribution in [-0.4, -0.2) is 43.2 Å². The van der Waals surface area contributed by atoms with Crippen molar-refractivity contribution in [2.24, 2.45) is 0 Å². The van der Waals surface area contributed by atoms with Crippen LogP contribution < -0.4 is 0 Å². The average molecular weight is 515 g/mol. The van der Waals surface area contributed by atoms with Gasteiger partial charge in [-0.3, -0.25) is 0 Å². The number of ketones is 4. The van der Waals surface area contributed by atoms with Gasteiger partial charge in [-0.1, -0.05) is 0 Å². The number of rotatable bonds is 12. The first kappa shape index (κ1) is 26.6. The molecule has 0 bridgehead atoms. The number of carbonyl (C=O) groups excluding carboxylic acids is 4. The van der Waals surface area contributed by atoms with E-state index in [0.717, 1.165) is 0 Å². The molecule has 0 aliphatic heterocycles. The zero-order chi connectivity index (χ0) is 22.8. The summed E-state index contributed by atoms with van der Waals surface area (Å²) in [7, 11) is 0. The molecule has 0 amide bonds. The Morgan fingerprint density at radius 1 is 0.448 bits per heavy atom. The molecule has 0 atom stereocenters. The number of allylic oxidation sites excluding steroid dienone is 8. The van der Waals surface area contributed by atoms with Crippen LogP contribution in [-0.2, 0) is 31.5 Å². The van der Waals surface area contributed by atoms with Crippen molar-refractivity contribution in [2.45, 2.75) is 55.4 Å². The quantitative estimate of drug-likeness (QED) is 0.221. The maximum atomic E-state index is 11.4. The zero-order valence-corrected chi connectivity index (χ0v) is 20.9. The molecule has 0 spiro atoms. The summed E-state index contributed by atoms with van der Waals surface area (Å²) >= 11 is -5.14. The summed E-state index contributed by atoms with van der Waals surface area (Å²) in [6.45, 7) is 11.4. The molecule has 0 aromatic heterocycles. The number of carbonyl (C=O) groups is 4. The fraction of sp³-hybridized carbons (Fsp3) is 0.400. The molecular formula is C20H28O8Sn. The van der Waals surface area contributed by atoms with Crippen molar-refractivity contribution in [2.75, 3.05) is 0 Å². The van der Waals surface area contributed by atoms with E-state index in [1.807, 2.05) is 0 Å². The normalized spacial score (nSPS) is 13.5. The van der Waals surface area contributed by atoms with E-state index >= 15 is 0 Å². The SMILES string of the molecule is CC(=O)/C=C(/C)[O][Sn]([O]/C(C)=C\C(C)=O)([O]/C(C)=C\C(C)=O)[O]/C(C)=C/C(C)=O. The second kappa shape index (κ2) is 12.3. The van der Waals surface area contributed by atoms with E-state index < -0.39 is 20.0 Å². The van der Waals surface area contributed by atoms with Crippen LogP contribution in [0.15, 0.2) is 47.3 Å². The van der Waals surface area contributed by atoms with Gasteiger partial charge >= 0.3 is 177 Å². The molecule has 0 saturated heterocycles. The Morgan fingerprint density at radius 2 is 0.621 bits per heavy atom. The van der Waals surface area contributed by atoms with Gasteiger partial charge in [0.2, 0.25) is 0 Å². The van der Waals surface area contributed by atoms with Gasteiger partial charge in [-0.2, -0.15) is 0 Å². The molecule has 0 heterocycles. The summed E-state index contributed by atoms with van der Waals surface area (Å²) in [6.07, 6.45) is 4.89. The first-order chi connectivity index (χ1) is 13.2. The molecule has 29 heavy (non-hydrogen) atoms. The molecule has 0 aliphatic rings. The molecule has 0 fully saturated rings. The Balaban J connectivity index is 6.40. The van der Waals surface area contributed by atoms with Crippen LogP contribution in [0.4, 0.5) is 0 Å². The van der Waals surface area contributed by atoms with Gasteiger partial charge in [-0.15, -0.1) is 0 Å². The van der Waals surface area contributed by atoms with E-state index in [2.05, 4.69) is 0 Å². The van der Waals surface area contributed by atoms with Gasteiger partial charge in [0.1, 0.15) is 0 Å². The standard InChI is InChI=1S/4C5H8O2.Sn/c4*1-4(6)3-5(2)7;/h4*3,6H,1-2H3;/q;;;;+4/p-4/b4-3+;3*4-3-;. The Hall–Kier alpha value is -2.36. The third-order valence-electron chi connectivity index (χ3n) is 2.77.